The van der Waals surface area contributed by atoms with Crippen LogP contribution in [0.3, 0.4) is 0 Å². The molecule has 0 radical (unpaired) electrons. The highest BCUT2D eigenvalue weighted by molar-refractivity contribution is 5.31. The van der Waals surface area contributed by atoms with Crippen molar-refractivity contribution in [3.8, 4) is 0 Å². The van der Waals surface area contributed by atoms with Crippen LogP contribution in [-0.2, 0) is 11.7 Å². The van der Waals surface area contributed by atoms with Gasteiger partial charge in [0.1, 0.15) is 0 Å². The topological polar surface area (TPSA) is 24.1 Å². The van der Waals surface area contributed by atoms with Gasteiger partial charge in [0.15, 0.2) is 0 Å². The fraction of sp³-hybridized carbons (Fsp3) is 0.429. The summed E-state index contributed by atoms with van der Waals surface area (Å²) in [5, 5.41) is 6.66. The van der Waals surface area contributed by atoms with Crippen molar-refractivity contribution >= 4 is 0 Å². The minimum Gasteiger partial charge on any atom is -0.313 e. The molecule has 2 nitrogen and oxygen atoms in total. The van der Waals surface area contributed by atoms with Crippen LogP contribution < -0.4 is 10.6 Å². The highest BCUT2D eigenvalue weighted by atomic mass is 19.4. The molecule has 1 unspecified atom stereocenters. The monoisotopic (exact) mass is 270 g/mol. The molecule has 2 N–H and O–H groups in total. The predicted octanol–water partition coefficient (Wildman–Crippen LogP) is 2.67. The van der Waals surface area contributed by atoms with Gasteiger partial charge in [0, 0.05) is 19.6 Å². The molecule has 1 aliphatic rings. The summed E-state index contributed by atoms with van der Waals surface area (Å²) >= 11 is 0. The summed E-state index contributed by atoms with van der Waals surface area (Å²) in [6, 6.07) is 5.37. The Morgan fingerprint density at radius 1 is 1.21 bits per heavy atom. The molecule has 19 heavy (non-hydrogen) atoms. The molecule has 1 aromatic rings. The zero-order chi connectivity index (χ0) is 13.9. The van der Waals surface area contributed by atoms with E-state index in [-0.39, 0.29) is 5.54 Å². The Bertz CT molecular complexity index is 431. The van der Waals surface area contributed by atoms with Gasteiger partial charge < -0.3 is 10.6 Å². The Morgan fingerprint density at radius 2 is 1.89 bits per heavy atom. The molecule has 0 amide bonds. The maximum Gasteiger partial charge on any atom is 0.416 e. The lowest BCUT2D eigenvalue weighted by Crippen LogP contribution is -2.56. The standard InChI is InChI=1S/C14H17F3N2/c1-2-7-13(10-18-8-9-19-13)11-3-5-12(6-4-11)14(15,16)17/h2-6,18-19H,1,7-10H2. The summed E-state index contributed by atoms with van der Waals surface area (Å²) < 4.78 is 37.7. The van der Waals surface area contributed by atoms with Crippen LogP contribution >= 0.6 is 0 Å². The quantitative estimate of drug-likeness (QED) is 0.825. The molecule has 1 aromatic carbocycles. The van der Waals surface area contributed by atoms with Gasteiger partial charge in [-0.1, -0.05) is 18.2 Å². The SMILES string of the molecule is C=CCC1(c2ccc(C(F)(F)F)cc2)CNCCN1. The largest absolute Gasteiger partial charge is 0.416 e. The molecule has 0 aliphatic carbocycles. The van der Waals surface area contributed by atoms with Crippen LogP contribution in [-0.4, -0.2) is 19.6 Å². The molecule has 5 heteroatoms. The number of hydrogen-bond donors (Lipinski definition) is 2. The lowest BCUT2D eigenvalue weighted by atomic mass is 9.84. The molecule has 0 saturated carbocycles. The molecular weight excluding hydrogens is 253 g/mol. The Labute approximate surface area is 110 Å². The molecule has 1 atom stereocenters. The highest BCUT2D eigenvalue weighted by Crippen LogP contribution is 2.32. The van der Waals surface area contributed by atoms with Gasteiger partial charge in [-0.25, -0.2) is 0 Å². The van der Waals surface area contributed by atoms with E-state index in [2.05, 4.69) is 17.2 Å². The summed E-state index contributed by atoms with van der Waals surface area (Å²) in [6.07, 6.45) is -1.83. The van der Waals surface area contributed by atoms with Gasteiger partial charge >= 0.3 is 6.18 Å². The van der Waals surface area contributed by atoms with Crippen molar-refractivity contribution in [3.63, 3.8) is 0 Å². The van der Waals surface area contributed by atoms with E-state index in [1.807, 2.05) is 0 Å². The smallest absolute Gasteiger partial charge is 0.313 e. The summed E-state index contributed by atoms with van der Waals surface area (Å²) in [5.41, 5.74) is -0.120. The molecule has 1 fully saturated rings. The Hall–Kier alpha value is -1.33. The molecular formula is C14H17F3N2. The first kappa shape index (κ1) is 14.1. The second kappa shape index (κ2) is 5.35. The van der Waals surface area contributed by atoms with E-state index in [1.54, 1.807) is 18.2 Å². The van der Waals surface area contributed by atoms with Gasteiger partial charge in [0.25, 0.3) is 0 Å². The first-order valence-electron chi connectivity index (χ1n) is 6.22. The van der Waals surface area contributed by atoms with Gasteiger partial charge in [-0.2, -0.15) is 13.2 Å². The third kappa shape index (κ3) is 2.98. The number of nitrogens with one attached hydrogen (secondary N) is 2. The molecule has 1 heterocycles. The van der Waals surface area contributed by atoms with Crippen LogP contribution in [0.1, 0.15) is 17.5 Å². The third-order valence-corrected chi connectivity index (χ3v) is 3.45. The van der Waals surface area contributed by atoms with Gasteiger partial charge in [-0.15, -0.1) is 6.58 Å². The second-order valence-electron chi connectivity index (χ2n) is 4.75. The summed E-state index contributed by atoms with van der Waals surface area (Å²) in [6.45, 7) is 6.07. The van der Waals surface area contributed by atoms with Crippen LogP contribution in [0.25, 0.3) is 0 Å². The van der Waals surface area contributed by atoms with Crippen molar-refractivity contribution in [3.05, 3.63) is 48.0 Å². The lowest BCUT2D eigenvalue weighted by molar-refractivity contribution is -0.137. The van der Waals surface area contributed by atoms with Crippen LogP contribution in [0.4, 0.5) is 13.2 Å². The molecule has 2 rings (SSSR count). The van der Waals surface area contributed by atoms with Crippen molar-refractivity contribution < 1.29 is 13.2 Å². The maximum atomic E-state index is 12.6. The van der Waals surface area contributed by atoms with Gasteiger partial charge in [0.05, 0.1) is 11.1 Å². The first-order valence-corrected chi connectivity index (χ1v) is 6.22. The van der Waals surface area contributed by atoms with Gasteiger partial charge in [0.2, 0.25) is 0 Å². The van der Waals surface area contributed by atoms with Gasteiger partial charge in [-0.3, -0.25) is 0 Å². The number of halogens is 3. The number of alkyl halides is 3. The van der Waals surface area contributed by atoms with E-state index < -0.39 is 11.7 Å². The fourth-order valence-electron chi connectivity index (χ4n) is 2.45. The van der Waals surface area contributed by atoms with Crippen LogP contribution in [0.2, 0.25) is 0 Å². The van der Waals surface area contributed by atoms with E-state index in [1.165, 1.54) is 0 Å². The van der Waals surface area contributed by atoms with Crippen LogP contribution in [0, 0.1) is 0 Å². The molecule has 0 spiro atoms. The highest BCUT2D eigenvalue weighted by Gasteiger charge is 2.34. The maximum absolute atomic E-state index is 12.6. The molecule has 0 bridgehead atoms. The van der Waals surface area contributed by atoms with Crippen molar-refractivity contribution in [2.75, 3.05) is 19.6 Å². The Balaban J connectivity index is 2.30. The number of piperazine rings is 1. The van der Waals surface area contributed by atoms with Crippen molar-refractivity contribution in [2.24, 2.45) is 0 Å². The van der Waals surface area contributed by atoms with E-state index in [9.17, 15) is 13.2 Å². The lowest BCUT2D eigenvalue weighted by Gasteiger charge is -2.39. The average Bonchev–Trinajstić information content (AvgIpc) is 2.39. The molecule has 1 saturated heterocycles. The van der Waals surface area contributed by atoms with E-state index in [4.69, 9.17) is 0 Å². The Morgan fingerprint density at radius 3 is 2.37 bits per heavy atom. The summed E-state index contributed by atoms with van der Waals surface area (Å²) in [7, 11) is 0. The van der Waals surface area contributed by atoms with E-state index in [0.29, 0.717) is 13.0 Å². The predicted molar refractivity (Wildman–Crippen MR) is 68.8 cm³/mol. The minimum atomic E-state index is -4.29. The number of rotatable bonds is 3. The summed E-state index contributed by atoms with van der Waals surface area (Å²) in [5.74, 6) is 0. The Kier molecular flexibility index (Phi) is 3.96. The zero-order valence-corrected chi connectivity index (χ0v) is 10.6. The molecule has 104 valence electrons. The van der Waals surface area contributed by atoms with Crippen LogP contribution in [0.15, 0.2) is 36.9 Å². The first-order chi connectivity index (χ1) is 8.98. The molecule has 0 aromatic heterocycles. The number of hydrogen-bond acceptors (Lipinski definition) is 2. The van der Waals surface area contributed by atoms with Gasteiger partial charge in [-0.05, 0) is 24.1 Å². The normalized spacial score (nSPS) is 24.2. The van der Waals surface area contributed by atoms with E-state index >= 15 is 0 Å². The molecule has 1 aliphatic heterocycles. The van der Waals surface area contributed by atoms with Crippen molar-refractivity contribution in [1.29, 1.82) is 0 Å². The average molecular weight is 270 g/mol. The van der Waals surface area contributed by atoms with Crippen LogP contribution in [0.5, 0.6) is 0 Å². The van der Waals surface area contributed by atoms with Crippen molar-refractivity contribution in [2.45, 2.75) is 18.1 Å². The third-order valence-electron chi connectivity index (χ3n) is 3.45. The fourth-order valence-corrected chi connectivity index (χ4v) is 2.45. The second-order valence-corrected chi connectivity index (χ2v) is 4.75. The van der Waals surface area contributed by atoms with E-state index in [0.717, 1.165) is 30.8 Å². The number of benzene rings is 1. The minimum absolute atomic E-state index is 0.357. The van der Waals surface area contributed by atoms with Crippen molar-refractivity contribution in [1.82, 2.24) is 10.6 Å². The zero-order valence-electron chi connectivity index (χ0n) is 10.6. The summed E-state index contributed by atoms with van der Waals surface area (Å²) in [4.78, 5) is 0.